The van der Waals surface area contributed by atoms with Gasteiger partial charge in [-0.15, -0.1) is 0 Å². The summed E-state index contributed by atoms with van der Waals surface area (Å²) in [6.07, 6.45) is 3.96. The SMILES string of the molecule is CCCNc1cccc(Nc2cn(C)nc2CC)n1. The van der Waals surface area contributed by atoms with Crippen LogP contribution in [0.15, 0.2) is 24.4 Å². The molecule has 0 bridgehead atoms. The second-order valence-corrected chi connectivity index (χ2v) is 4.48. The van der Waals surface area contributed by atoms with Gasteiger partial charge in [0.25, 0.3) is 0 Å². The number of hydrogen-bond acceptors (Lipinski definition) is 4. The Labute approximate surface area is 114 Å². The maximum atomic E-state index is 4.53. The Kier molecular flexibility index (Phi) is 4.39. The molecule has 0 aromatic carbocycles. The van der Waals surface area contributed by atoms with Gasteiger partial charge in [0.1, 0.15) is 11.6 Å². The van der Waals surface area contributed by atoms with Gasteiger partial charge in [-0.2, -0.15) is 5.10 Å². The van der Waals surface area contributed by atoms with Gasteiger partial charge in [-0.25, -0.2) is 4.98 Å². The zero-order valence-electron chi connectivity index (χ0n) is 11.8. The molecule has 0 aliphatic heterocycles. The Hall–Kier alpha value is -2.04. The molecule has 5 nitrogen and oxygen atoms in total. The van der Waals surface area contributed by atoms with Gasteiger partial charge in [-0.05, 0) is 25.0 Å². The Morgan fingerprint density at radius 3 is 2.74 bits per heavy atom. The van der Waals surface area contributed by atoms with E-state index >= 15 is 0 Å². The van der Waals surface area contributed by atoms with E-state index in [4.69, 9.17) is 0 Å². The van der Waals surface area contributed by atoms with E-state index in [1.54, 1.807) is 0 Å². The van der Waals surface area contributed by atoms with Crippen molar-refractivity contribution >= 4 is 17.3 Å². The van der Waals surface area contributed by atoms with Crippen molar-refractivity contribution < 1.29 is 0 Å². The number of pyridine rings is 1. The fourth-order valence-corrected chi connectivity index (χ4v) is 1.89. The summed E-state index contributed by atoms with van der Waals surface area (Å²) in [4.78, 5) is 4.53. The third-order valence-corrected chi connectivity index (χ3v) is 2.81. The maximum absolute atomic E-state index is 4.53. The van der Waals surface area contributed by atoms with Gasteiger partial charge in [-0.3, -0.25) is 4.68 Å². The average Bonchev–Trinajstić information content (AvgIpc) is 2.77. The fourth-order valence-electron chi connectivity index (χ4n) is 1.89. The van der Waals surface area contributed by atoms with Crippen LogP contribution in [-0.4, -0.2) is 21.3 Å². The molecule has 2 heterocycles. The minimum atomic E-state index is 0.837. The first-order chi connectivity index (χ1) is 9.22. The molecular formula is C14H21N5. The van der Waals surface area contributed by atoms with E-state index in [-0.39, 0.29) is 0 Å². The van der Waals surface area contributed by atoms with Crippen molar-refractivity contribution in [2.75, 3.05) is 17.2 Å². The van der Waals surface area contributed by atoms with E-state index in [1.807, 2.05) is 36.1 Å². The van der Waals surface area contributed by atoms with Gasteiger partial charge in [-0.1, -0.05) is 19.9 Å². The van der Waals surface area contributed by atoms with Crippen LogP contribution in [-0.2, 0) is 13.5 Å². The summed E-state index contributed by atoms with van der Waals surface area (Å²) in [5.41, 5.74) is 2.07. The van der Waals surface area contributed by atoms with E-state index in [0.717, 1.165) is 42.4 Å². The van der Waals surface area contributed by atoms with Crippen molar-refractivity contribution in [2.45, 2.75) is 26.7 Å². The lowest BCUT2D eigenvalue weighted by Gasteiger charge is -2.08. The summed E-state index contributed by atoms with van der Waals surface area (Å²) in [5, 5.41) is 11.0. The molecular weight excluding hydrogens is 238 g/mol. The van der Waals surface area contributed by atoms with E-state index in [0.29, 0.717) is 0 Å². The third-order valence-electron chi connectivity index (χ3n) is 2.81. The van der Waals surface area contributed by atoms with Gasteiger partial charge in [0.15, 0.2) is 0 Å². The zero-order chi connectivity index (χ0) is 13.7. The fraction of sp³-hybridized carbons (Fsp3) is 0.429. The lowest BCUT2D eigenvalue weighted by atomic mass is 10.3. The van der Waals surface area contributed by atoms with E-state index in [1.165, 1.54) is 0 Å². The van der Waals surface area contributed by atoms with Crippen molar-refractivity contribution in [3.05, 3.63) is 30.1 Å². The van der Waals surface area contributed by atoms with Gasteiger partial charge in [0, 0.05) is 19.8 Å². The summed E-state index contributed by atoms with van der Waals surface area (Å²) >= 11 is 0. The molecule has 19 heavy (non-hydrogen) atoms. The molecule has 0 fully saturated rings. The van der Waals surface area contributed by atoms with Crippen LogP contribution in [0, 0.1) is 0 Å². The summed E-state index contributed by atoms with van der Waals surface area (Å²) in [6, 6.07) is 5.93. The van der Waals surface area contributed by atoms with Crippen molar-refractivity contribution in [1.29, 1.82) is 0 Å². The Balaban J connectivity index is 2.13. The van der Waals surface area contributed by atoms with Crippen LogP contribution < -0.4 is 10.6 Å². The van der Waals surface area contributed by atoms with E-state index in [2.05, 4.69) is 34.6 Å². The molecule has 5 heteroatoms. The monoisotopic (exact) mass is 259 g/mol. The number of nitrogens with zero attached hydrogens (tertiary/aromatic N) is 3. The highest BCUT2D eigenvalue weighted by Gasteiger charge is 2.06. The van der Waals surface area contributed by atoms with Gasteiger partial charge < -0.3 is 10.6 Å². The molecule has 102 valence electrons. The Bertz CT molecular complexity index is 532. The van der Waals surface area contributed by atoms with Crippen LogP contribution in [0.4, 0.5) is 17.3 Å². The molecule has 0 saturated heterocycles. The first-order valence-electron chi connectivity index (χ1n) is 6.73. The molecule has 0 saturated carbocycles. The minimum Gasteiger partial charge on any atom is -0.370 e. The molecule has 2 N–H and O–H groups in total. The second kappa shape index (κ2) is 6.22. The molecule has 2 rings (SSSR count). The van der Waals surface area contributed by atoms with Crippen molar-refractivity contribution in [2.24, 2.45) is 7.05 Å². The van der Waals surface area contributed by atoms with Gasteiger partial charge in [0.05, 0.1) is 11.4 Å². The summed E-state index contributed by atoms with van der Waals surface area (Å²) in [6.45, 7) is 5.17. The van der Waals surface area contributed by atoms with Crippen LogP contribution in [0.3, 0.4) is 0 Å². The molecule has 0 aliphatic carbocycles. The normalized spacial score (nSPS) is 10.5. The van der Waals surface area contributed by atoms with Crippen LogP contribution >= 0.6 is 0 Å². The highest BCUT2D eigenvalue weighted by molar-refractivity contribution is 5.59. The summed E-state index contributed by atoms with van der Waals surface area (Å²) in [7, 11) is 1.93. The van der Waals surface area contributed by atoms with Crippen molar-refractivity contribution in [1.82, 2.24) is 14.8 Å². The lowest BCUT2D eigenvalue weighted by Crippen LogP contribution is -2.03. The highest BCUT2D eigenvalue weighted by atomic mass is 15.3. The largest absolute Gasteiger partial charge is 0.370 e. The van der Waals surface area contributed by atoms with Crippen LogP contribution in [0.2, 0.25) is 0 Å². The van der Waals surface area contributed by atoms with Crippen LogP contribution in [0.25, 0.3) is 0 Å². The lowest BCUT2D eigenvalue weighted by molar-refractivity contribution is 0.746. The smallest absolute Gasteiger partial charge is 0.132 e. The number of nitrogens with one attached hydrogen (secondary N) is 2. The average molecular weight is 259 g/mol. The Morgan fingerprint density at radius 2 is 2.00 bits per heavy atom. The van der Waals surface area contributed by atoms with Crippen LogP contribution in [0.5, 0.6) is 0 Å². The molecule has 0 unspecified atom stereocenters. The quantitative estimate of drug-likeness (QED) is 0.837. The summed E-state index contributed by atoms with van der Waals surface area (Å²) < 4.78 is 1.82. The number of rotatable bonds is 6. The predicted octanol–water partition coefficient (Wildman–Crippen LogP) is 2.94. The summed E-state index contributed by atoms with van der Waals surface area (Å²) in [5.74, 6) is 1.73. The number of hydrogen-bond donors (Lipinski definition) is 2. The molecule has 0 amide bonds. The highest BCUT2D eigenvalue weighted by Crippen LogP contribution is 2.19. The first-order valence-corrected chi connectivity index (χ1v) is 6.73. The molecule has 2 aromatic rings. The number of aromatic nitrogens is 3. The maximum Gasteiger partial charge on any atom is 0.132 e. The van der Waals surface area contributed by atoms with Crippen molar-refractivity contribution in [3.8, 4) is 0 Å². The third kappa shape index (κ3) is 3.47. The predicted molar refractivity (Wildman–Crippen MR) is 78.9 cm³/mol. The van der Waals surface area contributed by atoms with Crippen LogP contribution in [0.1, 0.15) is 26.0 Å². The standard InChI is InChI=1S/C14H21N5/c1-4-9-15-13-7-6-8-14(17-13)16-12-10-19(3)18-11(12)5-2/h6-8,10H,4-5,9H2,1-3H3,(H2,15,16,17). The number of anilines is 3. The molecule has 0 aliphatic rings. The number of aryl methyl sites for hydroxylation is 2. The molecule has 2 aromatic heterocycles. The molecule has 0 atom stereocenters. The van der Waals surface area contributed by atoms with Gasteiger partial charge >= 0.3 is 0 Å². The first kappa shape index (κ1) is 13.4. The van der Waals surface area contributed by atoms with Gasteiger partial charge in [0.2, 0.25) is 0 Å². The molecule has 0 spiro atoms. The van der Waals surface area contributed by atoms with E-state index in [9.17, 15) is 0 Å². The topological polar surface area (TPSA) is 54.8 Å². The zero-order valence-corrected chi connectivity index (χ0v) is 11.8. The minimum absolute atomic E-state index is 0.837. The van der Waals surface area contributed by atoms with E-state index < -0.39 is 0 Å². The van der Waals surface area contributed by atoms with Crippen molar-refractivity contribution in [3.63, 3.8) is 0 Å². The Morgan fingerprint density at radius 1 is 1.21 bits per heavy atom. The second-order valence-electron chi connectivity index (χ2n) is 4.48. The molecule has 0 radical (unpaired) electrons.